The van der Waals surface area contributed by atoms with Crippen molar-refractivity contribution in [3.63, 3.8) is 0 Å². The van der Waals surface area contributed by atoms with Gasteiger partial charge in [0, 0.05) is 46.9 Å². The summed E-state index contributed by atoms with van der Waals surface area (Å²) in [6.45, 7) is 25.8. The largest absolute Gasteiger partial charge is 0.501 e. The summed E-state index contributed by atoms with van der Waals surface area (Å²) in [5, 5.41) is 9.66. The summed E-state index contributed by atoms with van der Waals surface area (Å²) in [7, 11) is -1.50. The van der Waals surface area contributed by atoms with Gasteiger partial charge in [-0.1, -0.05) is 208 Å². The number of aromatic nitrogens is 3. The summed E-state index contributed by atoms with van der Waals surface area (Å²) >= 11 is 0. The minimum atomic E-state index is -1.71. The molecule has 0 aliphatic heterocycles. The number of rotatable bonds is 9. The molecule has 0 saturated heterocycles. The van der Waals surface area contributed by atoms with Gasteiger partial charge in [-0.25, -0.2) is 0 Å². The van der Waals surface area contributed by atoms with Crippen molar-refractivity contribution in [3.8, 4) is 39.5 Å². The monoisotopic (exact) mass is 1200 g/mol. The van der Waals surface area contributed by atoms with Crippen molar-refractivity contribution in [3.05, 3.63) is 204 Å². The van der Waals surface area contributed by atoms with Crippen LogP contribution >= 0.6 is 0 Å². The third kappa shape index (κ3) is 10.2. The molecule has 0 bridgehead atoms. The maximum atomic E-state index is 9.64. The van der Waals surface area contributed by atoms with Gasteiger partial charge in [0.15, 0.2) is 0 Å². The van der Waals surface area contributed by atoms with E-state index in [1.54, 1.807) is 0 Å². The first-order valence-corrected chi connectivity index (χ1v) is 30.4. The van der Waals surface area contributed by atoms with Gasteiger partial charge in [0.25, 0.3) is 0 Å². The topological polar surface area (TPSA) is 43.9 Å². The van der Waals surface area contributed by atoms with Crippen LogP contribution in [-0.4, -0.2) is 22.6 Å². The van der Waals surface area contributed by atoms with Gasteiger partial charge in [-0.15, -0.1) is 53.6 Å². The molecule has 0 saturated carbocycles. The van der Waals surface area contributed by atoms with Crippen molar-refractivity contribution >= 4 is 78.5 Å². The second-order valence-corrected chi connectivity index (χ2v) is 28.4. The molecule has 0 aliphatic carbocycles. The number of furan rings is 1. The summed E-state index contributed by atoms with van der Waals surface area (Å²) in [5.41, 5.74) is 12.7. The molecule has 0 spiro atoms. The summed E-state index contributed by atoms with van der Waals surface area (Å²) in [5.74, 6) is 0.479. The number of fused-ring (bicyclic) bond motifs is 9. The van der Waals surface area contributed by atoms with Gasteiger partial charge in [0.05, 0.1) is 30.5 Å². The number of hydrogen-bond acceptors (Lipinski definition) is 3. The Kier molecular flexibility index (Phi) is 13.6. The summed E-state index contributed by atoms with van der Waals surface area (Å²) in [6, 6.07) is 63.9. The molecular weight excluding hydrogens is 1130 g/mol. The van der Waals surface area contributed by atoms with Crippen LogP contribution in [0.1, 0.15) is 106 Å². The van der Waals surface area contributed by atoms with Gasteiger partial charge in [-0.05, 0) is 114 Å². The fraction of sp³-hybridized carbons (Fsp3) is 0.239. The minimum absolute atomic E-state index is 0. The molecule has 77 heavy (non-hydrogen) atoms. The Bertz CT molecular complexity index is 4270. The molecule has 389 valence electrons. The molecule has 0 amide bonds. The molecular formula is C71H69IrN3OSi-2. The molecule has 1 radical (unpaired) electrons. The molecule has 12 rings (SSSR count). The molecule has 9 aromatic carbocycles. The van der Waals surface area contributed by atoms with Crippen molar-refractivity contribution in [2.45, 2.75) is 106 Å². The molecule has 0 N–H and O–H groups in total. The predicted molar refractivity (Wildman–Crippen MR) is 327 cm³/mol. The fourth-order valence-corrected chi connectivity index (χ4v) is 12.6. The van der Waals surface area contributed by atoms with Crippen LogP contribution in [0.5, 0.6) is 0 Å². The molecule has 3 heterocycles. The summed E-state index contributed by atoms with van der Waals surface area (Å²) < 4.78 is 37.2. The molecule has 6 heteroatoms. The number of pyridine rings is 1. The van der Waals surface area contributed by atoms with E-state index in [1.807, 2.05) is 71.1 Å². The quantitative estimate of drug-likeness (QED) is 0.0822. The first kappa shape index (κ1) is 49.6. The van der Waals surface area contributed by atoms with Crippen molar-refractivity contribution in [2.75, 3.05) is 0 Å². The van der Waals surface area contributed by atoms with Crippen molar-refractivity contribution in [2.24, 2.45) is 5.41 Å². The van der Waals surface area contributed by atoms with Crippen LogP contribution in [0.15, 0.2) is 174 Å². The summed E-state index contributed by atoms with van der Waals surface area (Å²) in [6.07, 6.45) is 0.267. The predicted octanol–water partition coefficient (Wildman–Crippen LogP) is 19.6. The van der Waals surface area contributed by atoms with Crippen LogP contribution in [-0.2, 0) is 26.5 Å². The van der Waals surface area contributed by atoms with Gasteiger partial charge in [0.2, 0.25) is 0 Å². The maximum Gasteiger partial charge on any atom is 0.121 e. The first-order valence-electron chi connectivity index (χ1n) is 28.4. The number of hydrogen-bond donors (Lipinski definition) is 0. The van der Waals surface area contributed by atoms with E-state index in [4.69, 9.17) is 10.8 Å². The van der Waals surface area contributed by atoms with Crippen LogP contribution in [0.25, 0.3) is 105 Å². The Morgan fingerprint density at radius 3 is 1.94 bits per heavy atom. The maximum absolute atomic E-state index is 9.64. The van der Waals surface area contributed by atoms with Crippen LogP contribution in [0.2, 0.25) is 19.6 Å². The van der Waals surface area contributed by atoms with E-state index in [2.05, 4.69) is 202 Å². The molecule has 0 aliphatic rings. The Labute approximate surface area is 474 Å². The van der Waals surface area contributed by atoms with E-state index in [9.17, 15) is 2.74 Å². The Hall–Kier alpha value is -6.95. The molecule has 3 aromatic heterocycles. The van der Waals surface area contributed by atoms with E-state index in [0.29, 0.717) is 22.3 Å². The second-order valence-electron chi connectivity index (χ2n) is 23.4. The van der Waals surface area contributed by atoms with E-state index in [1.165, 1.54) is 27.4 Å². The standard InChI is InChI=1S/C54H47N2O.C17H22NSi.Ir/c1-32(2)43-28-39(34-15-9-8-10-16-34)29-44(33(3)4)50(43)56-51-41-20-14-12-18-36(41)24-26-47(51)55-53(56)42-25-23-38(31-54(5,6)7)49-46-27-37-22-21-35-17-11-13-19-40(35)45(37)30-48(46)57-52(42)49;1-13(2)15-11-16(14-9-7-6-8-10-14)18-12-17(15)19(3,4)5;/h8-24,26-30,32-33H,31H2,1-7H3;6-9,11-13H,1-5H3;/q2*-1;/i31D2;13D;. The van der Waals surface area contributed by atoms with Crippen LogP contribution in [0.4, 0.5) is 0 Å². The average molecular weight is 1200 g/mol. The van der Waals surface area contributed by atoms with Gasteiger partial charge in [-0.3, -0.25) is 4.98 Å². The molecule has 4 nitrogen and oxygen atoms in total. The first-order chi connectivity index (χ1) is 37.5. The zero-order chi connectivity index (χ0) is 55.9. The average Bonchev–Trinajstić information content (AvgIpc) is 4.17. The zero-order valence-electron chi connectivity index (χ0n) is 49.4. The smallest absolute Gasteiger partial charge is 0.121 e. The van der Waals surface area contributed by atoms with Crippen LogP contribution < -0.4 is 5.19 Å². The molecule has 0 unspecified atom stereocenters. The van der Waals surface area contributed by atoms with Crippen molar-refractivity contribution in [1.29, 1.82) is 0 Å². The molecule has 0 fully saturated rings. The Balaban J connectivity index is 0.000000290. The number of nitrogens with zero attached hydrogens (tertiary/aromatic N) is 3. The van der Waals surface area contributed by atoms with E-state index < -0.39 is 25.8 Å². The summed E-state index contributed by atoms with van der Waals surface area (Å²) in [4.78, 5) is 10.1. The Morgan fingerprint density at radius 1 is 0.649 bits per heavy atom. The SMILES string of the molecule is [2H]C(C)(C)c1cc(-c2[c-]cccc2)ncc1[Si](C)(C)C.[2H]C([2H])(c1c[c-]c(-c2nc3ccc4ccccc4c3n2-c2c(C(C)C)cc(-c3ccccc3)cc2C(C)C)c2oc3cc4c(ccc5ccccc54)cc3c12)C(C)(C)C.[Ir]. The van der Waals surface area contributed by atoms with Crippen molar-refractivity contribution in [1.82, 2.24) is 14.5 Å². The molecule has 12 aromatic rings. The van der Waals surface area contributed by atoms with Gasteiger partial charge < -0.3 is 14.0 Å². The van der Waals surface area contributed by atoms with E-state index in [0.717, 1.165) is 82.5 Å². The third-order valence-electron chi connectivity index (χ3n) is 14.7. The van der Waals surface area contributed by atoms with Crippen molar-refractivity contribution < 1.29 is 28.6 Å². The van der Waals surface area contributed by atoms with Gasteiger partial charge in [-0.2, -0.15) is 0 Å². The van der Waals surface area contributed by atoms with E-state index >= 15 is 0 Å². The number of benzene rings is 9. The second kappa shape index (κ2) is 21.1. The van der Waals surface area contributed by atoms with Crippen LogP contribution in [0.3, 0.4) is 0 Å². The number of imidazole rings is 1. The van der Waals surface area contributed by atoms with Gasteiger partial charge in [0.1, 0.15) is 5.58 Å². The van der Waals surface area contributed by atoms with Gasteiger partial charge >= 0.3 is 0 Å². The molecule has 0 atom stereocenters. The zero-order valence-corrected chi connectivity index (χ0v) is 49.8. The normalized spacial score (nSPS) is 13.1. The fourth-order valence-electron chi connectivity index (χ4n) is 11.0. The van der Waals surface area contributed by atoms with Crippen LogP contribution in [0, 0.1) is 17.5 Å². The minimum Gasteiger partial charge on any atom is -0.501 e. The third-order valence-corrected chi connectivity index (χ3v) is 16.7. The Morgan fingerprint density at radius 2 is 1.29 bits per heavy atom. The van der Waals surface area contributed by atoms with E-state index in [-0.39, 0.29) is 31.9 Å².